The van der Waals surface area contributed by atoms with Gasteiger partial charge in [-0.3, -0.25) is 9.48 Å². The van der Waals surface area contributed by atoms with Crippen molar-refractivity contribution < 1.29 is 9.53 Å². The topological polar surface area (TPSA) is 67.9 Å². The van der Waals surface area contributed by atoms with Crippen molar-refractivity contribution in [1.29, 1.82) is 5.26 Å². The van der Waals surface area contributed by atoms with Gasteiger partial charge in [0.2, 0.25) is 0 Å². The number of ether oxygens (including phenoxy) is 1. The minimum absolute atomic E-state index is 0.102. The third-order valence-electron chi connectivity index (χ3n) is 2.95. The summed E-state index contributed by atoms with van der Waals surface area (Å²) in [5, 5.41) is 13.2. The number of fused-ring (bicyclic) bond motifs is 1. The Balaban J connectivity index is 2.25. The summed E-state index contributed by atoms with van der Waals surface area (Å²) in [5.74, 6) is 0.213. The number of hydrogen-bond donors (Lipinski definition) is 0. The minimum atomic E-state index is -0.304. The molecule has 90 valence electrons. The number of carbonyl (C=O) groups excluding carboxylic acids is 1. The molecule has 0 N–H and O–H groups in total. The molecule has 5 heteroatoms. The van der Waals surface area contributed by atoms with Gasteiger partial charge in [-0.2, -0.15) is 10.4 Å². The van der Waals surface area contributed by atoms with Crippen LogP contribution in [0.25, 0.3) is 0 Å². The van der Waals surface area contributed by atoms with Crippen LogP contribution < -0.4 is 0 Å². The predicted molar refractivity (Wildman–Crippen MR) is 60.1 cm³/mol. The number of nitrogens with zero attached hydrogens (tertiary/aromatic N) is 3. The molecule has 5 nitrogen and oxygen atoms in total. The number of rotatable bonds is 3. The molecule has 17 heavy (non-hydrogen) atoms. The van der Waals surface area contributed by atoms with Gasteiger partial charge < -0.3 is 4.74 Å². The molecule has 0 fully saturated rings. The van der Waals surface area contributed by atoms with E-state index in [1.807, 2.05) is 0 Å². The first-order chi connectivity index (χ1) is 8.15. The predicted octanol–water partition coefficient (Wildman–Crippen LogP) is 1.05. The molecule has 1 unspecified atom stereocenters. The molecule has 1 aromatic rings. The zero-order chi connectivity index (χ0) is 12.4. The van der Waals surface area contributed by atoms with Crippen LogP contribution in [-0.4, -0.2) is 22.4 Å². The van der Waals surface area contributed by atoms with Crippen molar-refractivity contribution in [1.82, 2.24) is 9.78 Å². The molecule has 0 saturated carbocycles. The molecule has 0 aromatic carbocycles. The van der Waals surface area contributed by atoms with E-state index in [0.29, 0.717) is 18.2 Å². The van der Waals surface area contributed by atoms with E-state index in [1.165, 1.54) is 0 Å². The monoisotopic (exact) mass is 233 g/mol. The van der Waals surface area contributed by atoms with Crippen molar-refractivity contribution in [2.75, 3.05) is 6.61 Å². The van der Waals surface area contributed by atoms with Crippen molar-refractivity contribution in [3.63, 3.8) is 0 Å². The zero-order valence-corrected chi connectivity index (χ0v) is 10.1. The third-order valence-corrected chi connectivity index (χ3v) is 2.95. The first kappa shape index (κ1) is 11.6. The molecule has 0 saturated heterocycles. The summed E-state index contributed by atoms with van der Waals surface area (Å²) in [6.07, 6.45) is 1.75. The molecule has 0 radical (unpaired) electrons. The summed E-state index contributed by atoms with van der Waals surface area (Å²) in [6, 6.07) is 2.09. The average Bonchev–Trinajstić information content (AvgIpc) is 2.78. The lowest BCUT2D eigenvalue weighted by Gasteiger charge is -2.05. The van der Waals surface area contributed by atoms with Gasteiger partial charge in [-0.25, -0.2) is 0 Å². The molecule has 1 aromatic heterocycles. The van der Waals surface area contributed by atoms with Crippen LogP contribution in [0, 0.1) is 17.2 Å². The van der Waals surface area contributed by atoms with E-state index >= 15 is 0 Å². The Kier molecular flexibility index (Phi) is 3.14. The minimum Gasteiger partial charge on any atom is -0.465 e. The van der Waals surface area contributed by atoms with E-state index in [-0.39, 0.29) is 12.5 Å². The summed E-state index contributed by atoms with van der Waals surface area (Å²) in [5.41, 5.74) is 2.47. The molecular formula is C12H15N3O2. The van der Waals surface area contributed by atoms with Gasteiger partial charge in [0.05, 0.1) is 6.61 Å². The van der Waals surface area contributed by atoms with E-state index in [2.05, 4.69) is 18.1 Å². The number of hydrogen-bond acceptors (Lipinski definition) is 4. The van der Waals surface area contributed by atoms with E-state index in [9.17, 15) is 4.79 Å². The van der Waals surface area contributed by atoms with Gasteiger partial charge in [-0.05, 0) is 25.7 Å². The van der Waals surface area contributed by atoms with Crippen molar-refractivity contribution in [3.05, 3.63) is 17.0 Å². The van der Waals surface area contributed by atoms with Crippen LogP contribution in [-0.2, 0) is 28.9 Å². The Bertz CT molecular complexity index is 485. The largest absolute Gasteiger partial charge is 0.465 e. The molecule has 1 aliphatic carbocycles. The second kappa shape index (κ2) is 4.58. The zero-order valence-electron chi connectivity index (χ0n) is 10.1. The molecule has 0 bridgehead atoms. The number of aromatic nitrogens is 2. The molecular weight excluding hydrogens is 218 g/mol. The Morgan fingerprint density at radius 2 is 2.41 bits per heavy atom. The van der Waals surface area contributed by atoms with Crippen LogP contribution >= 0.6 is 0 Å². The van der Waals surface area contributed by atoms with Gasteiger partial charge in [0.15, 0.2) is 5.69 Å². The third kappa shape index (κ3) is 2.16. The van der Waals surface area contributed by atoms with Crippen LogP contribution in [0.15, 0.2) is 0 Å². The van der Waals surface area contributed by atoms with E-state index < -0.39 is 0 Å². The lowest BCUT2D eigenvalue weighted by atomic mass is 10.1. The highest BCUT2D eigenvalue weighted by molar-refractivity contribution is 5.69. The van der Waals surface area contributed by atoms with E-state index in [1.54, 1.807) is 11.6 Å². The fourth-order valence-electron chi connectivity index (χ4n) is 2.28. The average molecular weight is 233 g/mol. The molecule has 1 heterocycles. The Morgan fingerprint density at radius 1 is 1.65 bits per heavy atom. The van der Waals surface area contributed by atoms with E-state index in [4.69, 9.17) is 10.00 Å². The molecule has 2 rings (SSSR count). The quantitative estimate of drug-likeness (QED) is 0.732. The van der Waals surface area contributed by atoms with Crippen LogP contribution in [0.1, 0.15) is 30.8 Å². The van der Waals surface area contributed by atoms with Gasteiger partial charge >= 0.3 is 5.97 Å². The highest BCUT2D eigenvalue weighted by Crippen LogP contribution is 2.28. The van der Waals surface area contributed by atoms with Crippen molar-refractivity contribution in [2.24, 2.45) is 5.92 Å². The van der Waals surface area contributed by atoms with Crippen LogP contribution in [0.2, 0.25) is 0 Å². The highest BCUT2D eigenvalue weighted by atomic mass is 16.5. The lowest BCUT2D eigenvalue weighted by Crippen LogP contribution is -2.16. The SMILES string of the molecule is CCOC(=O)Cn1nc(C#N)c2c1CC(C)C2. The van der Waals surface area contributed by atoms with Crippen molar-refractivity contribution in [2.45, 2.75) is 33.2 Å². The first-order valence-electron chi connectivity index (χ1n) is 5.80. The number of esters is 1. The maximum Gasteiger partial charge on any atom is 0.327 e. The lowest BCUT2D eigenvalue weighted by molar-refractivity contribution is -0.144. The fourth-order valence-corrected chi connectivity index (χ4v) is 2.28. The first-order valence-corrected chi connectivity index (χ1v) is 5.80. The molecule has 1 aliphatic rings. The summed E-state index contributed by atoms with van der Waals surface area (Å²) in [7, 11) is 0. The second-order valence-corrected chi connectivity index (χ2v) is 4.36. The molecule has 0 spiro atoms. The second-order valence-electron chi connectivity index (χ2n) is 4.36. The van der Waals surface area contributed by atoms with Gasteiger partial charge in [0.1, 0.15) is 12.6 Å². The normalized spacial score (nSPS) is 17.6. The van der Waals surface area contributed by atoms with Crippen LogP contribution in [0.3, 0.4) is 0 Å². The number of nitriles is 1. The maximum atomic E-state index is 11.4. The number of carbonyl (C=O) groups is 1. The smallest absolute Gasteiger partial charge is 0.327 e. The standard InChI is InChI=1S/C12H15N3O2/c1-3-17-12(16)7-15-11-5-8(2)4-9(11)10(6-13)14-15/h8H,3-5,7H2,1-2H3. The molecule has 1 atom stereocenters. The van der Waals surface area contributed by atoms with E-state index in [0.717, 1.165) is 24.1 Å². The van der Waals surface area contributed by atoms with Crippen LogP contribution in [0.4, 0.5) is 0 Å². The van der Waals surface area contributed by atoms with Gasteiger partial charge in [0.25, 0.3) is 0 Å². The van der Waals surface area contributed by atoms with Crippen molar-refractivity contribution in [3.8, 4) is 6.07 Å². The van der Waals surface area contributed by atoms with Crippen molar-refractivity contribution >= 4 is 5.97 Å². The maximum absolute atomic E-state index is 11.4. The summed E-state index contributed by atoms with van der Waals surface area (Å²) in [6.45, 7) is 4.37. The Hall–Kier alpha value is -1.83. The molecule has 0 aliphatic heterocycles. The fraction of sp³-hybridized carbons (Fsp3) is 0.583. The molecule has 0 amide bonds. The highest BCUT2D eigenvalue weighted by Gasteiger charge is 2.27. The van der Waals surface area contributed by atoms with Gasteiger partial charge in [0, 0.05) is 11.3 Å². The summed E-state index contributed by atoms with van der Waals surface area (Å²) in [4.78, 5) is 11.4. The summed E-state index contributed by atoms with van der Waals surface area (Å²) < 4.78 is 6.51. The summed E-state index contributed by atoms with van der Waals surface area (Å²) >= 11 is 0. The van der Waals surface area contributed by atoms with Gasteiger partial charge in [-0.1, -0.05) is 6.92 Å². The van der Waals surface area contributed by atoms with Crippen LogP contribution in [0.5, 0.6) is 0 Å². The van der Waals surface area contributed by atoms with Gasteiger partial charge in [-0.15, -0.1) is 0 Å². The Morgan fingerprint density at radius 3 is 3.06 bits per heavy atom. The Labute approximate surface area is 100.0 Å².